The Bertz CT molecular complexity index is 559. The van der Waals surface area contributed by atoms with Crippen LogP contribution in [-0.4, -0.2) is 69.1 Å². The fourth-order valence-electron chi connectivity index (χ4n) is 2.96. The lowest BCUT2D eigenvalue weighted by molar-refractivity contribution is 0.152. The number of benzene rings is 1. The maximum absolute atomic E-state index is 13.3. The highest BCUT2D eigenvalue weighted by molar-refractivity contribution is 14.0. The third kappa shape index (κ3) is 8.18. The highest BCUT2D eigenvalue weighted by Crippen LogP contribution is 2.08. The van der Waals surface area contributed by atoms with Crippen molar-refractivity contribution in [3.63, 3.8) is 0 Å². The van der Waals surface area contributed by atoms with E-state index in [-0.39, 0.29) is 29.8 Å². The molecule has 1 aliphatic rings. The van der Waals surface area contributed by atoms with E-state index in [2.05, 4.69) is 32.5 Å². The number of nitrogens with one attached hydrogen (secondary N) is 2. The maximum atomic E-state index is 13.3. The van der Waals surface area contributed by atoms with Gasteiger partial charge in [-0.1, -0.05) is 12.1 Å². The van der Waals surface area contributed by atoms with Crippen molar-refractivity contribution in [1.82, 2.24) is 20.4 Å². The number of aryl methyl sites for hydroxylation is 1. The molecule has 0 atom stereocenters. The van der Waals surface area contributed by atoms with E-state index in [9.17, 15) is 4.39 Å². The quantitative estimate of drug-likeness (QED) is 0.274. The summed E-state index contributed by atoms with van der Waals surface area (Å²) in [6.07, 6.45) is 2.33. The van der Waals surface area contributed by atoms with Gasteiger partial charge in [-0.3, -0.25) is 4.99 Å². The van der Waals surface area contributed by atoms with Crippen LogP contribution in [0.25, 0.3) is 0 Å². The van der Waals surface area contributed by atoms with Crippen molar-refractivity contribution in [2.24, 2.45) is 4.99 Å². The van der Waals surface area contributed by atoms with Gasteiger partial charge in [0.1, 0.15) is 5.82 Å². The number of guanidine groups is 1. The van der Waals surface area contributed by atoms with Gasteiger partial charge in [-0.15, -0.1) is 24.0 Å². The predicted molar refractivity (Wildman–Crippen MR) is 118 cm³/mol. The van der Waals surface area contributed by atoms with Crippen LogP contribution in [0.15, 0.2) is 23.2 Å². The highest BCUT2D eigenvalue weighted by atomic mass is 127. The third-order valence-electron chi connectivity index (χ3n) is 4.70. The zero-order chi connectivity index (χ0) is 18.1. The monoisotopic (exact) mass is 477 g/mol. The fourth-order valence-corrected chi connectivity index (χ4v) is 2.96. The number of nitrogens with zero attached hydrogens (tertiary/aromatic N) is 3. The Morgan fingerprint density at radius 1 is 1.15 bits per heavy atom. The molecule has 1 aromatic carbocycles. The molecule has 2 N–H and O–H groups in total. The van der Waals surface area contributed by atoms with Crippen LogP contribution in [0.3, 0.4) is 0 Å². The molecule has 1 saturated heterocycles. The highest BCUT2D eigenvalue weighted by Gasteiger charge is 2.12. The van der Waals surface area contributed by atoms with Gasteiger partial charge in [-0.05, 0) is 50.6 Å². The van der Waals surface area contributed by atoms with Crippen molar-refractivity contribution in [2.75, 3.05) is 53.4 Å². The summed E-state index contributed by atoms with van der Waals surface area (Å²) in [6.45, 7) is 9.24. The van der Waals surface area contributed by atoms with Crippen LogP contribution in [0, 0.1) is 12.7 Å². The average molecular weight is 477 g/mol. The summed E-state index contributed by atoms with van der Waals surface area (Å²) in [4.78, 5) is 9.17. The number of unbranched alkanes of at least 4 members (excludes halogenated alkanes) is 1. The minimum Gasteiger partial charge on any atom is -0.356 e. The SMILES string of the molecule is CN=C(NCCCCN1CCN(C)CC1)NCc1ccc(F)c(C)c1.I. The van der Waals surface area contributed by atoms with Gasteiger partial charge in [-0.25, -0.2) is 4.39 Å². The molecule has 26 heavy (non-hydrogen) atoms. The lowest BCUT2D eigenvalue weighted by Crippen LogP contribution is -2.44. The number of hydrogen-bond donors (Lipinski definition) is 2. The number of halogens is 2. The summed E-state index contributed by atoms with van der Waals surface area (Å²) < 4.78 is 13.3. The Balaban J connectivity index is 0.00000338. The van der Waals surface area contributed by atoms with Gasteiger partial charge in [0.2, 0.25) is 0 Å². The first-order valence-corrected chi connectivity index (χ1v) is 9.19. The molecule has 1 heterocycles. The molecule has 0 aliphatic carbocycles. The largest absolute Gasteiger partial charge is 0.356 e. The minimum absolute atomic E-state index is 0. The first kappa shape index (κ1) is 23.1. The molecule has 1 aliphatic heterocycles. The molecule has 0 spiro atoms. The van der Waals surface area contributed by atoms with E-state index in [1.54, 1.807) is 20.0 Å². The lowest BCUT2D eigenvalue weighted by atomic mass is 10.1. The Labute approximate surface area is 174 Å². The van der Waals surface area contributed by atoms with Crippen LogP contribution in [0.1, 0.15) is 24.0 Å². The van der Waals surface area contributed by atoms with Crippen molar-refractivity contribution in [3.05, 3.63) is 35.1 Å². The fraction of sp³-hybridized carbons (Fsp3) is 0.632. The van der Waals surface area contributed by atoms with Gasteiger partial charge in [0.05, 0.1) is 0 Å². The first-order chi connectivity index (χ1) is 12.1. The Morgan fingerprint density at radius 2 is 1.88 bits per heavy atom. The molecule has 0 saturated carbocycles. The minimum atomic E-state index is -0.161. The number of hydrogen-bond acceptors (Lipinski definition) is 3. The molecule has 0 bridgehead atoms. The van der Waals surface area contributed by atoms with E-state index in [1.165, 1.54) is 45.2 Å². The number of rotatable bonds is 7. The smallest absolute Gasteiger partial charge is 0.191 e. The van der Waals surface area contributed by atoms with Gasteiger partial charge in [0.25, 0.3) is 0 Å². The molecule has 0 unspecified atom stereocenters. The first-order valence-electron chi connectivity index (χ1n) is 9.19. The molecule has 1 fully saturated rings. The number of aliphatic imine (C=N–C) groups is 1. The van der Waals surface area contributed by atoms with E-state index < -0.39 is 0 Å². The van der Waals surface area contributed by atoms with E-state index in [4.69, 9.17) is 0 Å². The second-order valence-corrected chi connectivity index (χ2v) is 6.79. The Hall–Kier alpha value is -0.930. The van der Waals surface area contributed by atoms with Crippen LogP contribution in [0.5, 0.6) is 0 Å². The summed E-state index contributed by atoms with van der Waals surface area (Å²) in [5.41, 5.74) is 1.73. The summed E-state index contributed by atoms with van der Waals surface area (Å²) in [7, 11) is 3.96. The molecular formula is C19H33FIN5. The Kier molecular flexibility index (Phi) is 11.1. The van der Waals surface area contributed by atoms with Gasteiger partial charge < -0.3 is 20.4 Å². The van der Waals surface area contributed by atoms with E-state index >= 15 is 0 Å². The summed E-state index contributed by atoms with van der Waals surface area (Å²) in [6, 6.07) is 5.19. The molecule has 1 aromatic rings. The molecule has 0 radical (unpaired) electrons. The summed E-state index contributed by atoms with van der Waals surface area (Å²) in [5, 5.41) is 6.63. The zero-order valence-electron chi connectivity index (χ0n) is 16.2. The Morgan fingerprint density at radius 3 is 2.54 bits per heavy atom. The normalized spacial score (nSPS) is 16.2. The topological polar surface area (TPSA) is 42.9 Å². The predicted octanol–water partition coefficient (Wildman–Crippen LogP) is 2.44. The van der Waals surface area contributed by atoms with Crippen LogP contribution >= 0.6 is 24.0 Å². The van der Waals surface area contributed by atoms with Gasteiger partial charge >= 0.3 is 0 Å². The second kappa shape index (κ2) is 12.5. The molecule has 7 heteroatoms. The van der Waals surface area contributed by atoms with Crippen LogP contribution in [-0.2, 0) is 6.54 Å². The van der Waals surface area contributed by atoms with Crippen molar-refractivity contribution in [3.8, 4) is 0 Å². The van der Waals surface area contributed by atoms with Gasteiger partial charge in [0.15, 0.2) is 5.96 Å². The van der Waals surface area contributed by atoms with Crippen LogP contribution < -0.4 is 10.6 Å². The molecule has 148 valence electrons. The molecule has 2 rings (SSSR count). The van der Waals surface area contributed by atoms with Gasteiger partial charge in [0, 0.05) is 46.3 Å². The van der Waals surface area contributed by atoms with Crippen LogP contribution in [0.4, 0.5) is 4.39 Å². The summed E-state index contributed by atoms with van der Waals surface area (Å²) >= 11 is 0. The third-order valence-corrected chi connectivity index (χ3v) is 4.70. The summed E-state index contributed by atoms with van der Waals surface area (Å²) in [5.74, 6) is 0.633. The average Bonchev–Trinajstić information content (AvgIpc) is 2.62. The van der Waals surface area contributed by atoms with Crippen LogP contribution in [0.2, 0.25) is 0 Å². The van der Waals surface area contributed by atoms with Crippen molar-refractivity contribution < 1.29 is 4.39 Å². The van der Waals surface area contributed by atoms with Crippen molar-refractivity contribution in [2.45, 2.75) is 26.3 Å². The van der Waals surface area contributed by atoms with Crippen molar-refractivity contribution >= 4 is 29.9 Å². The number of likely N-dealkylation sites (N-methyl/N-ethyl adjacent to an activating group) is 1. The lowest BCUT2D eigenvalue weighted by Gasteiger charge is -2.32. The van der Waals surface area contributed by atoms with E-state index in [1.807, 2.05) is 6.07 Å². The molecule has 0 aromatic heterocycles. The molecule has 5 nitrogen and oxygen atoms in total. The van der Waals surface area contributed by atoms with E-state index in [0.717, 1.165) is 24.5 Å². The molecular weight excluding hydrogens is 444 g/mol. The van der Waals surface area contributed by atoms with Crippen molar-refractivity contribution in [1.29, 1.82) is 0 Å². The molecule has 0 amide bonds. The second-order valence-electron chi connectivity index (χ2n) is 6.79. The number of piperazine rings is 1. The van der Waals surface area contributed by atoms with E-state index in [0.29, 0.717) is 12.1 Å². The van der Waals surface area contributed by atoms with Gasteiger partial charge in [-0.2, -0.15) is 0 Å². The standard InChI is InChI=1S/C19H32FN5.HI/c1-16-14-17(6-7-18(16)20)15-23-19(21-2)22-8-4-5-9-25-12-10-24(3)11-13-25;/h6-7,14H,4-5,8-13,15H2,1-3H3,(H2,21,22,23);1H. The zero-order valence-corrected chi connectivity index (χ0v) is 18.6. The maximum Gasteiger partial charge on any atom is 0.191 e.